The van der Waals surface area contributed by atoms with Crippen LogP contribution in [0.15, 0.2) is 59.8 Å². The summed E-state index contributed by atoms with van der Waals surface area (Å²) in [5, 5.41) is 12.2. The first-order valence-corrected chi connectivity index (χ1v) is 9.02. The minimum absolute atomic E-state index is 0.0811. The van der Waals surface area contributed by atoms with Crippen LogP contribution in [-0.4, -0.2) is 37.9 Å². The zero-order valence-electron chi connectivity index (χ0n) is 13.7. The van der Waals surface area contributed by atoms with E-state index in [9.17, 15) is 4.79 Å². The minimum Gasteiger partial charge on any atom is -0.311 e. The molecule has 4 rings (SSSR count). The molecule has 126 valence electrons. The fraction of sp³-hybridized carbons (Fsp3) is 0.222. The van der Waals surface area contributed by atoms with Gasteiger partial charge in [0.1, 0.15) is 0 Å². The number of benzene rings is 2. The van der Waals surface area contributed by atoms with Crippen molar-refractivity contribution in [2.75, 3.05) is 11.4 Å². The Morgan fingerprint density at radius 3 is 2.72 bits per heavy atom. The topological polar surface area (TPSA) is 63.9 Å². The van der Waals surface area contributed by atoms with Crippen molar-refractivity contribution in [2.24, 2.45) is 0 Å². The van der Waals surface area contributed by atoms with Gasteiger partial charge < -0.3 is 4.90 Å². The molecule has 0 N–H and O–H groups in total. The predicted octanol–water partition coefficient (Wildman–Crippen LogP) is 2.73. The molecule has 2 heterocycles. The number of carbonyl (C=O) groups is 1. The number of anilines is 1. The van der Waals surface area contributed by atoms with Gasteiger partial charge in [-0.2, -0.15) is 4.68 Å². The summed E-state index contributed by atoms with van der Waals surface area (Å²) in [7, 11) is 0. The van der Waals surface area contributed by atoms with E-state index in [-0.39, 0.29) is 11.2 Å². The highest BCUT2D eigenvalue weighted by Gasteiger charge is 2.29. The normalized spacial score (nSPS) is 14.4. The quantitative estimate of drug-likeness (QED) is 0.676. The lowest BCUT2D eigenvalue weighted by Crippen LogP contribution is -2.35. The summed E-state index contributed by atoms with van der Waals surface area (Å²) in [6, 6.07) is 17.7. The van der Waals surface area contributed by atoms with E-state index in [1.807, 2.05) is 60.4 Å². The van der Waals surface area contributed by atoms with Gasteiger partial charge in [0.15, 0.2) is 0 Å². The molecular weight excluding hydrogens is 334 g/mol. The van der Waals surface area contributed by atoms with Gasteiger partial charge in [0.05, 0.1) is 10.9 Å². The summed E-state index contributed by atoms with van der Waals surface area (Å²) in [5.41, 5.74) is 3.12. The fourth-order valence-corrected chi connectivity index (χ4v) is 3.85. The van der Waals surface area contributed by atoms with Crippen LogP contribution in [0.25, 0.3) is 5.69 Å². The number of tetrazole rings is 1. The molecule has 1 aromatic heterocycles. The van der Waals surface area contributed by atoms with Crippen LogP contribution in [-0.2, 0) is 11.2 Å². The smallest absolute Gasteiger partial charge is 0.240 e. The van der Waals surface area contributed by atoms with Crippen LogP contribution in [0.1, 0.15) is 12.5 Å². The molecule has 0 fully saturated rings. The molecule has 0 spiro atoms. The third-order valence-corrected chi connectivity index (χ3v) is 5.25. The van der Waals surface area contributed by atoms with Crippen molar-refractivity contribution >= 4 is 23.4 Å². The van der Waals surface area contributed by atoms with Crippen molar-refractivity contribution in [3.63, 3.8) is 0 Å². The number of amides is 1. The van der Waals surface area contributed by atoms with Crippen molar-refractivity contribution < 1.29 is 4.79 Å². The van der Waals surface area contributed by atoms with Crippen molar-refractivity contribution in [2.45, 2.75) is 23.8 Å². The number of nitrogens with zero attached hydrogens (tertiary/aromatic N) is 5. The molecule has 0 bridgehead atoms. The minimum atomic E-state index is -0.278. The first kappa shape index (κ1) is 15.8. The summed E-state index contributed by atoms with van der Waals surface area (Å²) in [4.78, 5) is 14.8. The van der Waals surface area contributed by atoms with Gasteiger partial charge in [-0.3, -0.25) is 4.79 Å². The molecule has 0 radical (unpaired) electrons. The number of rotatable bonds is 4. The molecule has 7 heteroatoms. The molecule has 0 saturated heterocycles. The Morgan fingerprint density at radius 2 is 1.88 bits per heavy atom. The molecule has 1 amide bonds. The summed E-state index contributed by atoms with van der Waals surface area (Å²) in [6.07, 6.45) is 0.904. The van der Waals surface area contributed by atoms with Gasteiger partial charge in [0.25, 0.3) is 0 Å². The molecular formula is C18H17N5OS. The molecule has 1 aliphatic rings. The number of hydrogen-bond acceptors (Lipinski definition) is 5. The third-order valence-electron chi connectivity index (χ3n) is 4.22. The fourth-order valence-electron chi connectivity index (χ4n) is 2.98. The summed E-state index contributed by atoms with van der Waals surface area (Å²) in [6.45, 7) is 2.63. The van der Waals surface area contributed by atoms with Gasteiger partial charge >= 0.3 is 0 Å². The van der Waals surface area contributed by atoms with Crippen molar-refractivity contribution in [3.8, 4) is 5.69 Å². The average molecular weight is 351 g/mol. The maximum atomic E-state index is 12.9. The van der Waals surface area contributed by atoms with Crippen LogP contribution in [0.2, 0.25) is 0 Å². The highest BCUT2D eigenvalue weighted by Crippen LogP contribution is 2.31. The summed E-state index contributed by atoms with van der Waals surface area (Å²) >= 11 is 1.38. The molecule has 6 nitrogen and oxygen atoms in total. The van der Waals surface area contributed by atoms with Crippen LogP contribution in [0.4, 0.5) is 5.69 Å². The molecule has 3 aromatic rings. The molecule has 2 aromatic carbocycles. The second-order valence-electron chi connectivity index (χ2n) is 5.84. The third kappa shape index (κ3) is 3.02. The lowest BCUT2D eigenvalue weighted by Gasteiger charge is -2.21. The van der Waals surface area contributed by atoms with Crippen molar-refractivity contribution in [3.05, 3.63) is 60.2 Å². The largest absolute Gasteiger partial charge is 0.311 e. The molecule has 25 heavy (non-hydrogen) atoms. The Balaban J connectivity index is 1.53. The van der Waals surface area contributed by atoms with E-state index in [1.165, 1.54) is 17.3 Å². The van der Waals surface area contributed by atoms with E-state index >= 15 is 0 Å². The van der Waals surface area contributed by atoms with Gasteiger partial charge in [-0.25, -0.2) is 0 Å². The van der Waals surface area contributed by atoms with E-state index < -0.39 is 0 Å². The van der Waals surface area contributed by atoms with Gasteiger partial charge in [-0.05, 0) is 47.5 Å². The second-order valence-corrected chi connectivity index (χ2v) is 7.15. The monoisotopic (exact) mass is 351 g/mol. The van der Waals surface area contributed by atoms with E-state index in [0.29, 0.717) is 5.16 Å². The number of para-hydroxylation sites is 2. The van der Waals surface area contributed by atoms with Crippen LogP contribution in [0, 0.1) is 0 Å². The first-order chi connectivity index (χ1) is 12.2. The van der Waals surface area contributed by atoms with Gasteiger partial charge in [0, 0.05) is 12.2 Å². The lowest BCUT2D eigenvalue weighted by atomic mass is 10.2. The molecule has 1 aliphatic heterocycles. The Hall–Kier alpha value is -2.67. The summed E-state index contributed by atoms with van der Waals surface area (Å²) < 4.78 is 1.66. The van der Waals surface area contributed by atoms with Gasteiger partial charge in [0.2, 0.25) is 11.1 Å². The zero-order chi connectivity index (χ0) is 17.2. The van der Waals surface area contributed by atoms with E-state index in [1.54, 1.807) is 4.68 Å². The number of hydrogen-bond donors (Lipinski definition) is 0. The molecule has 1 unspecified atom stereocenters. The number of aromatic nitrogens is 4. The molecule has 0 saturated carbocycles. The number of thioether (sulfide) groups is 1. The Bertz CT molecular complexity index is 895. The summed E-state index contributed by atoms with van der Waals surface area (Å²) in [5.74, 6) is 0.0811. The Labute approximate surface area is 149 Å². The standard InChI is InChI=1S/C18H17N5OS/c1-13(17(24)22-12-11-14-7-5-6-10-16(14)22)25-18-19-20-21-23(18)15-8-3-2-4-9-15/h2-10,13H,11-12H2,1H3. The average Bonchev–Trinajstić information content (AvgIpc) is 3.28. The van der Waals surface area contributed by atoms with E-state index in [4.69, 9.17) is 0 Å². The number of fused-ring (bicyclic) bond motifs is 1. The van der Waals surface area contributed by atoms with Gasteiger partial charge in [-0.15, -0.1) is 5.10 Å². The maximum Gasteiger partial charge on any atom is 0.240 e. The van der Waals surface area contributed by atoms with Crippen LogP contribution in [0.5, 0.6) is 0 Å². The van der Waals surface area contributed by atoms with Gasteiger partial charge in [-0.1, -0.05) is 48.2 Å². The highest BCUT2D eigenvalue weighted by molar-refractivity contribution is 8.00. The highest BCUT2D eigenvalue weighted by atomic mass is 32.2. The van der Waals surface area contributed by atoms with Crippen LogP contribution in [0.3, 0.4) is 0 Å². The van der Waals surface area contributed by atoms with E-state index in [2.05, 4.69) is 21.6 Å². The lowest BCUT2D eigenvalue weighted by molar-refractivity contribution is -0.117. The zero-order valence-corrected chi connectivity index (χ0v) is 14.6. The van der Waals surface area contributed by atoms with E-state index in [0.717, 1.165) is 24.3 Å². The Kier molecular flexibility index (Phi) is 4.23. The van der Waals surface area contributed by atoms with Crippen LogP contribution >= 0.6 is 11.8 Å². The SMILES string of the molecule is CC(Sc1nnnn1-c1ccccc1)C(=O)N1CCc2ccccc21. The number of carbonyl (C=O) groups excluding carboxylic acids is 1. The maximum absolute atomic E-state index is 12.9. The molecule has 1 atom stereocenters. The molecule has 0 aliphatic carbocycles. The first-order valence-electron chi connectivity index (χ1n) is 8.14. The predicted molar refractivity (Wildman–Crippen MR) is 97.0 cm³/mol. The second kappa shape index (κ2) is 6.68. The van der Waals surface area contributed by atoms with Crippen LogP contribution < -0.4 is 4.90 Å². The van der Waals surface area contributed by atoms with Crippen molar-refractivity contribution in [1.29, 1.82) is 0 Å². The van der Waals surface area contributed by atoms with Crippen molar-refractivity contribution in [1.82, 2.24) is 20.2 Å². The Morgan fingerprint density at radius 1 is 1.12 bits per heavy atom.